The summed E-state index contributed by atoms with van der Waals surface area (Å²) in [4.78, 5) is 27.3. The van der Waals surface area contributed by atoms with E-state index in [0.717, 1.165) is 19.3 Å². The van der Waals surface area contributed by atoms with Crippen molar-refractivity contribution < 1.29 is 23.2 Å². The van der Waals surface area contributed by atoms with Gasteiger partial charge in [-0.05, 0) is 30.7 Å². The van der Waals surface area contributed by atoms with Crippen molar-refractivity contribution in [2.45, 2.75) is 39.0 Å². The molecule has 8 heteroatoms. The maximum absolute atomic E-state index is 12.9. The van der Waals surface area contributed by atoms with E-state index in [1.165, 1.54) is 24.3 Å². The number of aromatic nitrogens is 2. The zero-order valence-electron chi connectivity index (χ0n) is 14.7. The predicted molar refractivity (Wildman–Crippen MR) is 91.5 cm³/mol. The molecular formula is C18H22FN3O4. The summed E-state index contributed by atoms with van der Waals surface area (Å²) in [5.41, 5.74) is 0.615. The molecule has 1 amide bonds. The van der Waals surface area contributed by atoms with Gasteiger partial charge in [-0.15, -0.1) is 0 Å². The molecule has 1 aromatic carbocycles. The molecule has 0 fully saturated rings. The normalized spacial score (nSPS) is 10.5. The highest BCUT2D eigenvalue weighted by Crippen LogP contribution is 2.16. The first-order chi connectivity index (χ1) is 12.6. The van der Waals surface area contributed by atoms with E-state index in [4.69, 9.17) is 9.26 Å². The van der Waals surface area contributed by atoms with Crippen molar-refractivity contribution >= 4 is 11.9 Å². The van der Waals surface area contributed by atoms with Crippen molar-refractivity contribution in [2.75, 3.05) is 13.2 Å². The molecule has 2 aromatic rings. The largest absolute Gasteiger partial charge is 0.456 e. The Hall–Kier alpha value is -2.77. The number of halogens is 1. The van der Waals surface area contributed by atoms with Crippen molar-refractivity contribution in [3.63, 3.8) is 0 Å². The smallest absolute Gasteiger partial charge is 0.306 e. The van der Waals surface area contributed by atoms with Gasteiger partial charge in [0.05, 0.1) is 6.42 Å². The molecule has 0 bridgehead atoms. The number of unbranched alkanes of at least 4 members (excludes halogenated alkanes) is 2. The van der Waals surface area contributed by atoms with Gasteiger partial charge in [-0.25, -0.2) is 4.39 Å². The molecule has 0 aliphatic heterocycles. The van der Waals surface area contributed by atoms with Gasteiger partial charge in [0.2, 0.25) is 11.7 Å². The molecule has 0 aliphatic carbocycles. The third kappa shape index (κ3) is 6.62. The van der Waals surface area contributed by atoms with Gasteiger partial charge in [-0.2, -0.15) is 4.98 Å². The van der Waals surface area contributed by atoms with E-state index in [1.54, 1.807) is 0 Å². The first-order valence-electron chi connectivity index (χ1n) is 8.59. The van der Waals surface area contributed by atoms with Crippen molar-refractivity contribution in [2.24, 2.45) is 0 Å². The Labute approximate surface area is 150 Å². The molecule has 0 unspecified atom stereocenters. The lowest BCUT2D eigenvalue weighted by molar-refractivity contribution is -0.148. The fraction of sp³-hybridized carbons (Fsp3) is 0.444. The second-order valence-electron chi connectivity index (χ2n) is 5.74. The number of rotatable bonds is 10. The highest BCUT2D eigenvalue weighted by atomic mass is 19.1. The fourth-order valence-electron chi connectivity index (χ4n) is 2.15. The van der Waals surface area contributed by atoms with Crippen molar-refractivity contribution in [1.82, 2.24) is 15.5 Å². The number of carbonyl (C=O) groups is 2. The summed E-state index contributed by atoms with van der Waals surface area (Å²) in [6.45, 7) is 2.36. The van der Waals surface area contributed by atoms with Gasteiger partial charge < -0.3 is 14.6 Å². The van der Waals surface area contributed by atoms with Crippen molar-refractivity contribution in [1.29, 1.82) is 0 Å². The van der Waals surface area contributed by atoms with Crippen LogP contribution < -0.4 is 5.32 Å². The molecule has 1 heterocycles. The number of ether oxygens (including phenoxy) is 1. The number of nitrogens with one attached hydrogen (secondary N) is 1. The first-order valence-corrected chi connectivity index (χ1v) is 8.59. The maximum Gasteiger partial charge on any atom is 0.306 e. The number of carbonyl (C=O) groups excluding carboxylic acids is 2. The molecule has 2 rings (SSSR count). The minimum Gasteiger partial charge on any atom is -0.456 e. The van der Waals surface area contributed by atoms with Gasteiger partial charge in [-0.3, -0.25) is 9.59 Å². The van der Waals surface area contributed by atoms with Crippen LogP contribution in [0.15, 0.2) is 28.8 Å². The van der Waals surface area contributed by atoms with Crippen molar-refractivity contribution in [3.8, 4) is 11.4 Å². The summed E-state index contributed by atoms with van der Waals surface area (Å²) in [6, 6.07) is 5.68. The van der Waals surface area contributed by atoms with Gasteiger partial charge in [0.25, 0.3) is 5.91 Å². The standard InChI is InChI=1S/C18H22FN3O4/c1-2-3-4-11-20-15(23)12-25-17(24)10-9-16-21-18(22-26-16)13-5-7-14(19)8-6-13/h5-8H,2-4,9-12H2,1H3,(H,20,23). The van der Waals surface area contributed by atoms with Crippen LogP contribution in [0, 0.1) is 5.82 Å². The van der Waals surface area contributed by atoms with Gasteiger partial charge in [0, 0.05) is 18.5 Å². The molecule has 7 nitrogen and oxygen atoms in total. The summed E-state index contributed by atoms with van der Waals surface area (Å²) in [5, 5.41) is 6.48. The molecule has 26 heavy (non-hydrogen) atoms. The van der Waals surface area contributed by atoms with Crippen LogP contribution in [0.1, 0.15) is 38.5 Å². The second kappa shape index (κ2) is 10.3. The van der Waals surface area contributed by atoms with Crippen molar-refractivity contribution in [3.05, 3.63) is 36.0 Å². The molecule has 0 saturated heterocycles. The zero-order valence-corrected chi connectivity index (χ0v) is 14.7. The summed E-state index contributed by atoms with van der Waals surface area (Å²) >= 11 is 0. The number of esters is 1. The molecular weight excluding hydrogens is 341 g/mol. The van der Waals surface area contributed by atoms with Crippen LogP contribution >= 0.6 is 0 Å². The molecule has 0 radical (unpaired) electrons. The van der Waals surface area contributed by atoms with Gasteiger partial charge in [0.1, 0.15) is 5.82 Å². The molecule has 0 atom stereocenters. The Morgan fingerprint density at radius 3 is 2.73 bits per heavy atom. The van der Waals surface area contributed by atoms with E-state index in [-0.39, 0.29) is 37.1 Å². The topological polar surface area (TPSA) is 94.3 Å². The van der Waals surface area contributed by atoms with E-state index >= 15 is 0 Å². The minimum absolute atomic E-state index is 0.0220. The number of hydrogen-bond acceptors (Lipinski definition) is 6. The lowest BCUT2D eigenvalue weighted by Gasteiger charge is -2.05. The summed E-state index contributed by atoms with van der Waals surface area (Å²) in [5.74, 6) is -0.596. The maximum atomic E-state index is 12.9. The van der Waals surface area contributed by atoms with Crippen LogP contribution in [-0.4, -0.2) is 35.2 Å². The number of nitrogens with zero attached hydrogens (tertiary/aromatic N) is 2. The quantitative estimate of drug-likeness (QED) is 0.515. The molecule has 140 valence electrons. The molecule has 1 aromatic heterocycles. The minimum atomic E-state index is -0.518. The van der Waals surface area contributed by atoms with Gasteiger partial charge >= 0.3 is 5.97 Å². The first kappa shape index (κ1) is 19.6. The molecule has 1 N–H and O–H groups in total. The zero-order chi connectivity index (χ0) is 18.8. The van der Waals surface area contributed by atoms with Crippen LogP contribution in [0.2, 0.25) is 0 Å². The summed E-state index contributed by atoms with van der Waals surface area (Å²) < 4.78 is 22.9. The predicted octanol–water partition coefficient (Wildman–Crippen LogP) is 2.66. The third-order valence-electron chi connectivity index (χ3n) is 3.58. The van der Waals surface area contributed by atoms with Gasteiger partial charge in [-0.1, -0.05) is 24.9 Å². The van der Waals surface area contributed by atoms with E-state index in [1.807, 2.05) is 0 Å². The van der Waals surface area contributed by atoms with E-state index < -0.39 is 5.97 Å². The Kier molecular flexibility index (Phi) is 7.73. The lowest BCUT2D eigenvalue weighted by Crippen LogP contribution is -2.29. The highest BCUT2D eigenvalue weighted by molar-refractivity contribution is 5.80. The van der Waals surface area contributed by atoms with Crippen LogP contribution in [-0.2, 0) is 20.7 Å². The SMILES string of the molecule is CCCCCNC(=O)COC(=O)CCc1nc(-c2ccc(F)cc2)no1. The van der Waals surface area contributed by atoms with Crippen LogP contribution in [0.5, 0.6) is 0 Å². The van der Waals surface area contributed by atoms with E-state index in [0.29, 0.717) is 17.9 Å². The van der Waals surface area contributed by atoms with Gasteiger partial charge in [0.15, 0.2) is 6.61 Å². The Balaban J connectivity index is 1.69. The Morgan fingerprint density at radius 1 is 1.23 bits per heavy atom. The van der Waals surface area contributed by atoms with Crippen LogP contribution in [0.4, 0.5) is 4.39 Å². The average Bonchev–Trinajstić information content (AvgIpc) is 3.11. The fourth-order valence-corrected chi connectivity index (χ4v) is 2.15. The molecule has 0 aliphatic rings. The average molecular weight is 363 g/mol. The Bertz CT molecular complexity index is 715. The summed E-state index contributed by atoms with van der Waals surface area (Å²) in [7, 11) is 0. The lowest BCUT2D eigenvalue weighted by atomic mass is 10.2. The van der Waals surface area contributed by atoms with E-state index in [9.17, 15) is 14.0 Å². The number of benzene rings is 1. The number of hydrogen-bond donors (Lipinski definition) is 1. The third-order valence-corrected chi connectivity index (χ3v) is 3.58. The van der Waals surface area contributed by atoms with Crippen LogP contribution in [0.3, 0.4) is 0 Å². The molecule has 0 spiro atoms. The van der Waals surface area contributed by atoms with Crippen LogP contribution in [0.25, 0.3) is 11.4 Å². The van der Waals surface area contributed by atoms with E-state index in [2.05, 4.69) is 22.4 Å². The monoisotopic (exact) mass is 363 g/mol. The second-order valence-corrected chi connectivity index (χ2v) is 5.74. The Morgan fingerprint density at radius 2 is 2.00 bits per heavy atom. The molecule has 0 saturated carbocycles. The number of amides is 1. The summed E-state index contributed by atoms with van der Waals surface area (Å²) in [6.07, 6.45) is 3.25. The number of aryl methyl sites for hydroxylation is 1. The highest BCUT2D eigenvalue weighted by Gasteiger charge is 2.12.